The van der Waals surface area contributed by atoms with Crippen molar-refractivity contribution in [1.29, 1.82) is 0 Å². The second-order valence-electron chi connectivity index (χ2n) is 8.57. The van der Waals surface area contributed by atoms with Crippen LogP contribution in [-0.4, -0.2) is 44.3 Å². The number of benzene rings is 2. The van der Waals surface area contributed by atoms with E-state index in [1.807, 2.05) is 43.3 Å². The third kappa shape index (κ3) is 5.79. The number of hydrogen-bond donors (Lipinski definition) is 3. The van der Waals surface area contributed by atoms with Crippen LogP contribution in [0.15, 0.2) is 42.5 Å². The minimum atomic E-state index is -0.341. The molecule has 2 aliphatic heterocycles. The highest BCUT2D eigenvalue weighted by Gasteiger charge is 2.22. The number of anilines is 3. The number of hydrogen-bond acceptors (Lipinski definition) is 4. The van der Waals surface area contributed by atoms with Gasteiger partial charge in [-0.2, -0.15) is 0 Å². The van der Waals surface area contributed by atoms with Crippen molar-refractivity contribution < 1.29 is 14.3 Å². The highest BCUT2D eigenvalue weighted by molar-refractivity contribution is 6.04. The summed E-state index contributed by atoms with van der Waals surface area (Å²) < 4.78 is 5.64. The fourth-order valence-electron chi connectivity index (χ4n) is 4.33. The van der Waals surface area contributed by atoms with Gasteiger partial charge in [0.25, 0.3) is 5.91 Å². The van der Waals surface area contributed by atoms with E-state index >= 15 is 0 Å². The minimum absolute atomic E-state index is 0.0822. The smallest absolute Gasteiger partial charge is 0.323 e. The standard InChI is InChI=1S/C25H32N4O3/c1-18-7-5-8-19(15-18)27-25(31)28-20-10-11-23(29-12-3-2-4-13-29)22(16-20)24(30)26-17-21-9-6-14-32-21/h5,7-8,10-11,15-16,21H,2-4,6,9,12-14,17H2,1H3,(H,26,30)(H2,27,28,31). The first-order chi connectivity index (χ1) is 15.6. The summed E-state index contributed by atoms with van der Waals surface area (Å²) in [4.78, 5) is 27.9. The zero-order chi connectivity index (χ0) is 22.3. The molecule has 0 spiro atoms. The Morgan fingerprint density at radius 1 is 1.00 bits per heavy atom. The van der Waals surface area contributed by atoms with E-state index in [2.05, 4.69) is 20.9 Å². The Kier molecular flexibility index (Phi) is 7.27. The van der Waals surface area contributed by atoms with E-state index in [0.29, 0.717) is 17.8 Å². The molecule has 0 radical (unpaired) electrons. The number of nitrogens with zero attached hydrogens (tertiary/aromatic N) is 1. The number of carbonyl (C=O) groups is 2. The number of aryl methyl sites for hydroxylation is 1. The molecule has 2 aromatic carbocycles. The average Bonchev–Trinajstić information content (AvgIpc) is 3.32. The zero-order valence-electron chi connectivity index (χ0n) is 18.7. The van der Waals surface area contributed by atoms with Crippen molar-refractivity contribution in [2.45, 2.75) is 45.1 Å². The number of ether oxygens (including phenoxy) is 1. The Labute approximate surface area is 189 Å². The lowest BCUT2D eigenvalue weighted by atomic mass is 10.1. The molecule has 3 amide bonds. The molecule has 0 bridgehead atoms. The molecule has 2 heterocycles. The van der Waals surface area contributed by atoms with E-state index in [0.717, 1.165) is 62.3 Å². The SMILES string of the molecule is Cc1cccc(NC(=O)Nc2ccc(N3CCCCC3)c(C(=O)NCC3CCCO3)c2)c1. The van der Waals surface area contributed by atoms with Crippen molar-refractivity contribution in [1.82, 2.24) is 5.32 Å². The van der Waals surface area contributed by atoms with Crippen LogP contribution in [0.2, 0.25) is 0 Å². The van der Waals surface area contributed by atoms with Crippen LogP contribution < -0.4 is 20.9 Å². The predicted octanol–water partition coefficient (Wildman–Crippen LogP) is 4.54. The van der Waals surface area contributed by atoms with Crippen LogP contribution in [-0.2, 0) is 4.74 Å². The van der Waals surface area contributed by atoms with Crippen LogP contribution in [0.25, 0.3) is 0 Å². The van der Waals surface area contributed by atoms with Crippen LogP contribution in [0.1, 0.15) is 48.0 Å². The van der Waals surface area contributed by atoms with Gasteiger partial charge in [0.15, 0.2) is 0 Å². The predicted molar refractivity (Wildman–Crippen MR) is 128 cm³/mol. The van der Waals surface area contributed by atoms with Gasteiger partial charge in [0, 0.05) is 43.3 Å². The first-order valence-corrected chi connectivity index (χ1v) is 11.5. The highest BCUT2D eigenvalue weighted by Crippen LogP contribution is 2.27. The topological polar surface area (TPSA) is 82.7 Å². The summed E-state index contributed by atoms with van der Waals surface area (Å²) in [6.07, 6.45) is 5.55. The quantitative estimate of drug-likeness (QED) is 0.621. The Morgan fingerprint density at radius 3 is 2.50 bits per heavy atom. The summed E-state index contributed by atoms with van der Waals surface area (Å²) in [5, 5.41) is 8.73. The number of amides is 3. The third-order valence-electron chi connectivity index (χ3n) is 5.99. The minimum Gasteiger partial charge on any atom is -0.376 e. The second kappa shape index (κ2) is 10.5. The van der Waals surface area contributed by atoms with Crippen LogP contribution in [0.3, 0.4) is 0 Å². The molecule has 4 rings (SSSR count). The third-order valence-corrected chi connectivity index (χ3v) is 5.99. The number of nitrogens with one attached hydrogen (secondary N) is 3. The second-order valence-corrected chi connectivity index (χ2v) is 8.57. The molecule has 0 saturated carbocycles. The van der Waals surface area contributed by atoms with Gasteiger partial charge < -0.3 is 25.6 Å². The van der Waals surface area contributed by atoms with Gasteiger partial charge in [-0.15, -0.1) is 0 Å². The molecule has 1 unspecified atom stereocenters. The molecule has 7 heteroatoms. The lowest BCUT2D eigenvalue weighted by Crippen LogP contribution is -2.35. The Bertz CT molecular complexity index is 950. The molecule has 2 aromatic rings. The first-order valence-electron chi connectivity index (χ1n) is 11.5. The van der Waals surface area contributed by atoms with E-state index in [1.165, 1.54) is 6.42 Å². The molecule has 0 aliphatic carbocycles. The van der Waals surface area contributed by atoms with Crippen molar-refractivity contribution in [3.05, 3.63) is 53.6 Å². The zero-order valence-corrected chi connectivity index (χ0v) is 18.7. The molecule has 170 valence electrons. The lowest BCUT2D eigenvalue weighted by molar-refractivity contribution is 0.0858. The van der Waals surface area contributed by atoms with E-state index in [9.17, 15) is 9.59 Å². The maximum absolute atomic E-state index is 13.1. The van der Waals surface area contributed by atoms with Crippen molar-refractivity contribution in [2.24, 2.45) is 0 Å². The molecule has 7 nitrogen and oxygen atoms in total. The van der Waals surface area contributed by atoms with Gasteiger partial charge >= 0.3 is 6.03 Å². The largest absolute Gasteiger partial charge is 0.376 e. The summed E-state index contributed by atoms with van der Waals surface area (Å²) >= 11 is 0. The molecule has 3 N–H and O–H groups in total. The Balaban J connectivity index is 1.49. The van der Waals surface area contributed by atoms with Gasteiger partial charge in [-0.05, 0) is 74.9 Å². The number of piperidine rings is 1. The number of urea groups is 1. The van der Waals surface area contributed by atoms with Crippen molar-refractivity contribution in [3.63, 3.8) is 0 Å². The lowest BCUT2D eigenvalue weighted by Gasteiger charge is -2.30. The molecule has 2 saturated heterocycles. The molecular formula is C25H32N4O3. The maximum atomic E-state index is 13.1. The molecule has 1 atom stereocenters. The van der Waals surface area contributed by atoms with Crippen molar-refractivity contribution in [3.8, 4) is 0 Å². The molecule has 2 fully saturated rings. The maximum Gasteiger partial charge on any atom is 0.323 e. The number of carbonyl (C=O) groups excluding carboxylic acids is 2. The fourth-order valence-corrected chi connectivity index (χ4v) is 4.33. The Hall–Kier alpha value is -3.06. The van der Waals surface area contributed by atoms with Crippen LogP contribution in [0, 0.1) is 6.92 Å². The van der Waals surface area contributed by atoms with Crippen LogP contribution in [0.5, 0.6) is 0 Å². The normalized spacial score (nSPS) is 18.3. The van der Waals surface area contributed by atoms with E-state index in [4.69, 9.17) is 4.74 Å². The summed E-state index contributed by atoms with van der Waals surface area (Å²) in [5.74, 6) is -0.135. The van der Waals surface area contributed by atoms with Gasteiger partial charge in [-0.3, -0.25) is 4.79 Å². The summed E-state index contributed by atoms with van der Waals surface area (Å²) in [7, 11) is 0. The van der Waals surface area contributed by atoms with Gasteiger partial charge in [-0.1, -0.05) is 12.1 Å². The Morgan fingerprint density at radius 2 is 1.78 bits per heavy atom. The molecule has 0 aromatic heterocycles. The summed E-state index contributed by atoms with van der Waals surface area (Å²) in [5.41, 5.74) is 3.87. The molecule has 32 heavy (non-hydrogen) atoms. The van der Waals surface area contributed by atoms with E-state index in [-0.39, 0.29) is 18.0 Å². The molecule has 2 aliphatic rings. The van der Waals surface area contributed by atoms with E-state index < -0.39 is 0 Å². The van der Waals surface area contributed by atoms with Crippen molar-refractivity contribution >= 4 is 29.0 Å². The fraction of sp³-hybridized carbons (Fsp3) is 0.440. The van der Waals surface area contributed by atoms with Crippen LogP contribution >= 0.6 is 0 Å². The summed E-state index contributed by atoms with van der Waals surface area (Å²) in [6.45, 7) is 5.11. The molecular weight excluding hydrogens is 404 g/mol. The van der Waals surface area contributed by atoms with Gasteiger partial charge in [0.1, 0.15) is 0 Å². The average molecular weight is 437 g/mol. The van der Waals surface area contributed by atoms with E-state index in [1.54, 1.807) is 6.07 Å². The monoisotopic (exact) mass is 436 g/mol. The van der Waals surface area contributed by atoms with Gasteiger partial charge in [-0.25, -0.2) is 4.79 Å². The van der Waals surface area contributed by atoms with Gasteiger partial charge in [0.05, 0.1) is 11.7 Å². The van der Waals surface area contributed by atoms with Crippen LogP contribution in [0.4, 0.5) is 21.9 Å². The highest BCUT2D eigenvalue weighted by atomic mass is 16.5. The number of rotatable bonds is 6. The van der Waals surface area contributed by atoms with Gasteiger partial charge in [0.2, 0.25) is 0 Å². The summed E-state index contributed by atoms with van der Waals surface area (Å²) in [6, 6.07) is 12.8. The van der Waals surface area contributed by atoms with Crippen molar-refractivity contribution in [2.75, 3.05) is 41.8 Å². The first kappa shape index (κ1) is 22.1.